The van der Waals surface area contributed by atoms with Crippen LogP contribution in [0.4, 0.5) is 5.69 Å². The average Bonchev–Trinajstić information content (AvgIpc) is 2.48. The van der Waals surface area contributed by atoms with E-state index in [0.29, 0.717) is 6.54 Å². The SMILES string of the molecule is CCN(C(=O)C(C)N1CCNCC1)c1cccc(C)c1. The molecule has 20 heavy (non-hydrogen) atoms. The number of nitrogens with zero attached hydrogens (tertiary/aromatic N) is 2. The molecule has 1 atom stereocenters. The molecule has 1 aliphatic heterocycles. The summed E-state index contributed by atoms with van der Waals surface area (Å²) in [7, 11) is 0. The van der Waals surface area contributed by atoms with Gasteiger partial charge in [0.05, 0.1) is 6.04 Å². The third-order valence-corrected chi connectivity index (χ3v) is 3.95. The third kappa shape index (κ3) is 3.38. The second kappa shape index (κ2) is 6.86. The van der Waals surface area contributed by atoms with Gasteiger partial charge >= 0.3 is 0 Å². The molecule has 1 saturated heterocycles. The summed E-state index contributed by atoms with van der Waals surface area (Å²) in [5.74, 6) is 0.194. The Balaban J connectivity index is 2.12. The Hall–Kier alpha value is -1.39. The van der Waals surface area contributed by atoms with Crippen LogP contribution in [0.2, 0.25) is 0 Å². The Morgan fingerprint density at radius 1 is 1.40 bits per heavy atom. The maximum absolute atomic E-state index is 12.7. The normalized spacial score (nSPS) is 17.8. The van der Waals surface area contributed by atoms with Gasteiger partial charge in [-0.15, -0.1) is 0 Å². The van der Waals surface area contributed by atoms with Crippen LogP contribution in [0.15, 0.2) is 24.3 Å². The van der Waals surface area contributed by atoms with Crippen LogP contribution in [0.3, 0.4) is 0 Å². The number of piperazine rings is 1. The lowest BCUT2D eigenvalue weighted by atomic mass is 10.1. The molecule has 1 aromatic rings. The molecule has 0 spiro atoms. The van der Waals surface area contributed by atoms with Gasteiger partial charge in [0.2, 0.25) is 5.91 Å². The number of likely N-dealkylation sites (N-methyl/N-ethyl adjacent to an activating group) is 1. The van der Waals surface area contributed by atoms with Gasteiger partial charge in [0, 0.05) is 38.4 Å². The first kappa shape index (κ1) is 15.0. The molecule has 4 nitrogen and oxygen atoms in total. The summed E-state index contributed by atoms with van der Waals surface area (Å²) in [4.78, 5) is 16.9. The summed E-state index contributed by atoms with van der Waals surface area (Å²) >= 11 is 0. The van der Waals surface area contributed by atoms with E-state index in [4.69, 9.17) is 0 Å². The van der Waals surface area contributed by atoms with Crippen molar-refractivity contribution in [3.63, 3.8) is 0 Å². The highest BCUT2D eigenvalue weighted by Crippen LogP contribution is 2.18. The summed E-state index contributed by atoms with van der Waals surface area (Å²) in [6.45, 7) is 10.6. The first-order valence-corrected chi connectivity index (χ1v) is 7.46. The Morgan fingerprint density at radius 2 is 2.10 bits per heavy atom. The van der Waals surface area contributed by atoms with Gasteiger partial charge in [-0.3, -0.25) is 9.69 Å². The minimum absolute atomic E-state index is 0.0578. The number of aryl methyl sites for hydroxylation is 1. The molecular formula is C16H25N3O. The fraction of sp³-hybridized carbons (Fsp3) is 0.562. The number of hydrogen-bond acceptors (Lipinski definition) is 3. The Morgan fingerprint density at radius 3 is 2.70 bits per heavy atom. The van der Waals surface area contributed by atoms with Crippen LogP contribution in [0, 0.1) is 6.92 Å². The highest BCUT2D eigenvalue weighted by molar-refractivity contribution is 5.97. The third-order valence-electron chi connectivity index (χ3n) is 3.95. The van der Waals surface area contributed by atoms with Gasteiger partial charge in [-0.1, -0.05) is 12.1 Å². The summed E-state index contributed by atoms with van der Waals surface area (Å²) in [6.07, 6.45) is 0. The zero-order chi connectivity index (χ0) is 14.5. The summed E-state index contributed by atoms with van der Waals surface area (Å²) in [5.41, 5.74) is 2.18. The van der Waals surface area contributed by atoms with Gasteiger partial charge in [0.25, 0.3) is 0 Å². The standard InChI is InChI=1S/C16H25N3O/c1-4-19(15-7-5-6-13(2)12-15)16(20)14(3)18-10-8-17-9-11-18/h5-7,12,14,17H,4,8-11H2,1-3H3. The number of nitrogens with one attached hydrogen (secondary N) is 1. The summed E-state index contributed by atoms with van der Waals surface area (Å²) in [6, 6.07) is 8.10. The lowest BCUT2D eigenvalue weighted by molar-refractivity contribution is -0.123. The first-order chi connectivity index (χ1) is 9.63. The molecule has 1 fully saturated rings. The van der Waals surface area contributed by atoms with Crippen molar-refractivity contribution in [2.45, 2.75) is 26.8 Å². The maximum atomic E-state index is 12.7. The van der Waals surface area contributed by atoms with E-state index in [9.17, 15) is 4.79 Å². The van der Waals surface area contributed by atoms with E-state index in [1.54, 1.807) is 0 Å². The van der Waals surface area contributed by atoms with Gasteiger partial charge in [-0.25, -0.2) is 0 Å². The van der Waals surface area contributed by atoms with E-state index in [2.05, 4.69) is 29.3 Å². The Bertz CT molecular complexity index is 455. The molecule has 0 aromatic heterocycles. The van der Waals surface area contributed by atoms with Gasteiger partial charge in [-0.2, -0.15) is 0 Å². The minimum Gasteiger partial charge on any atom is -0.314 e. The zero-order valence-corrected chi connectivity index (χ0v) is 12.7. The highest BCUT2D eigenvalue weighted by atomic mass is 16.2. The highest BCUT2D eigenvalue weighted by Gasteiger charge is 2.26. The van der Waals surface area contributed by atoms with E-state index < -0.39 is 0 Å². The maximum Gasteiger partial charge on any atom is 0.244 e. The van der Waals surface area contributed by atoms with Crippen LogP contribution < -0.4 is 10.2 Å². The molecule has 0 bridgehead atoms. The number of carbonyl (C=O) groups is 1. The molecule has 1 N–H and O–H groups in total. The van der Waals surface area contributed by atoms with Crippen LogP contribution in [-0.4, -0.2) is 49.6 Å². The van der Waals surface area contributed by atoms with Crippen LogP contribution in [0.25, 0.3) is 0 Å². The van der Waals surface area contributed by atoms with E-state index in [0.717, 1.165) is 31.9 Å². The zero-order valence-electron chi connectivity index (χ0n) is 12.7. The number of hydrogen-bond donors (Lipinski definition) is 1. The molecular weight excluding hydrogens is 250 g/mol. The number of carbonyl (C=O) groups excluding carboxylic acids is 1. The molecule has 0 aliphatic carbocycles. The van der Waals surface area contributed by atoms with Crippen LogP contribution in [0.5, 0.6) is 0 Å². The van der Waals surface area contributed by atoms with Crippen LogP contribution in [-0.2, 0) is 4.79 Å². The topological polar surface area (TPSA) is 35.6 Å². The quantitative estimate of drug-likeness (QED) is 0.907. The van der Waals surface area contributed by atoms with Crippen molar-refractivity contribution in [2.24, 2.45) is 0 Å². The van der Waals surface area contributed by atoms with Crippen molar-refractivity contribution in [3.8, 4) is 0 Å². The van der Waals surface area contributed by atoms with Crippen molar-refractivity contribution in [1.82, 2.24) is 10.2 Å². The number of anilines is 1. The first-order valence-electron chi connectivity index (χ1n) is 7.46. The van der Waals surface area contributed by atoms with E-state index >= 15 is 0 Å². The molecule has 1 unspecified atom stereocenters. The molecule has 2 rings (SSSR count). The van der Waals surface area contributed by atoms with Crippen LogP contribution >= 0.6 is 0 Å². The minimum atomic E-state index is -0.0578. The van der Waals surface area contributed by atoms with Crippen molar-refractivity contribution in [1.29, 1.82) is 0 Å². The second-order valence-electron chi connectivity index (χ2n) is 5.38. The van der Waals surface area contributed by atoms with Crippen LogP contribution in [0.1, 0.15) is 19.4 Å². The Kier molecular flexibility index (Phi) is 5.15. The molecule has 1 heterocycles. The summed E-state index contributed by atoms with van der Waals surface area (Å²) in [5, 5.41) is 3.32. The Labute approximate surface area is 121 Å². The lowest BCUT2D eigenvalue weighted by Crippen LogP contribution is -2.53. The predicted octanol–water partition coefficient (Wildman–Crippen LogP) is 1.64. The summed E-state index contributed by atoms with van der Waals surface area (Å²) < 4.78 is 0. The average molecular weight is 275 g/mol. The van der Waals surface area contributed by atoms with Gasteiger partial charge in [-0.05, 0) is 38.5 Å². The molecule has 1 amide bonds. The van der Waals surface area contributed by atoms with E-state index in [1.807, 2.05) is 30.9 Å². The monoisotopic (exact) mass is 275 g/mol. The largest absolute Gasteiger partial charge is 0.314 e. The molecule has 0 radical (unpaired) electrons. The number of benzene rings is 1. The van der Waals surface area contributed by atoms with Crippen molar-refractivity contribution in [3.05, 3.63) is 29.8 Å². The molecule has 4 heteroatoms. The van der Waals surface area contributed by atoms with Crippen molar-refractivity contribution < 1.29 is 4.79 Å². The van der Waals surface area contributed by atoms with E-state index in [-0.39, 0.29) is 11.9 Å². The number of amides is 1. The van der Waals surface area contributed by atoms with E-state index in [1.165, 1.54) is 5.56 Å². The lowest BCUT2D eigenvalue weighted by Gasteiger charge is -2.35. The van der Waals surface area contributed by atoms with Gasteiger partial charge in [0.1, 0.15) is 0 Å². The van der Waals surface area contributed by atoms with Crippen molar-refractivity contribution in [2.75, 3.05) is 37.6 Å². The molecule has 110 valence electrons. The molecule has 1 aromatic carbocycles. The smallest absolute Gasteiger partial charge is 0.244 e. The second-order valence-corrected chi connectivity index (χ2v) is 5.38. The fourth-order valence-electron chi connectivity index (χ4n) is 2.71. The predicted molar refractivity (Wildman–Crippen MR) is 83.1 cm³/mol. The van der Waals surface area contributed by atoms with Gasteiger partial charge < -0.3 is 10.2 Å². The fourth-order valence-corrected chi connectivity index (χ4v) is 2.71. The number of rotatable bonds is 4. The molecule has 1 aliphatic rings. The molecule has 0 saturated carbocycles. The van der Waals surface area contributed by atoms with Gasteiger partial charge in [0.15, 0.2) is 0 Å². The van der Waals surface area contributed by atoms with Crippen molar-refractivity contribution >= 4 is 11.6 Å².